The Bertz CT molecular complexity index is 1150. The maximum Gasteiger partial charge on any atom is 0.332 e. The second kappa shape index (κ2) is 10.5. The lowest BCUT2D eigenvalue weighted by molar-refractivity contribution is -0.124. The Morgan fingerprint density at radius 3 is 2.47 bits per heavy atom. The van der Waals surface area contributed by atoms with Crippen molar-refractivity contribution in [3.63, 3.8) is 0 Å². The monoisotopic (exact) mass is 481 g/mol. The topological polar surface area (TPSA) is 79.0 Å². The van der Waals surface area contributed by atoms with Crippen molar-refractivity contribution in [1.29, 1.82) is 0 Å². The summed E-state index contributed by atoms with van der Waals surface area (Å²) in [5, 5.41) is 4.66. The van der Waals surface area contributed by atoms with Gasteiger partial charge in [-0.1, -0.05) is 13.0 Å². The van der Waals surface area contributed by atoms with Gasteiger partial charge in [0.2, 0.25) is 5.91 Å². The third kappa shape index (κ3) is 5.26. The van der Waals surface area contributed by atoms with E-state index in [1.165, 1.54) is 40.5 Å². The Balaban J connectivity index is 1.51. The van der Waals surface area contributed by atoms with E-state index in [1.807, 2.05) is 24.4 Å². The maximum atomic E-state index is 13.4. The summed E-state index contributed by atoms with van der Waals surface area (Å²) in [4.78, 5) is 42.5. The molecule has 0 bridgehead atoms. The van der Waals surface area contributed by atoms with Gasteiger partial charge in [-0.15, -0.1) is 11.3 Å². The van der Waals surface area contributed by atoms with Crippen LogP contribution in [0.2, 0.25) is 0 Å². The average Bonchev–Trinajstić information content (AvgIpc) is 3.42. The summed E-state index contributed by atoms with van der Waals surface area (Å²) in [7, 11) is 0. The number of anilines is 2. The summed E-state index contributed by atoms with van der Waals surface area (Å²) in [6, 6.07) is 14.3. The van der Waals surface area contributed by atoms with Crippen LogP contribution in [0.1, 0.15) is 24.6 Å². The molecule has 7 nitrogen and oxygen atoms in total. The van der Waals surface area contributed by atoms with Crippen LogP contribution in [0, 0.1) is 5.82 Å². The summed E-state index contributed by atoms with van der Waals surface area (Å²) in [6.45, 7) is 2.82. The number of amides is 4. The van der Waals surface area contributed by atoms with Gasteiger partial charge in [-0.3, -0.25) is 9.59 Å². The highest BCUT2D eigenvalue weighted by Crippen LogP contribution is 2.29. The van der Waals surface area contributed by atoms with Crippen LogP contribution in [-0.2, 0) is 16.1 Å². The zero-order valence-corrected chi connectivity index (χ0v) is 19.4. The van der Waals surface area contributed by atoms with Gasteiger partial charge in [-0.2, -0.15) is 0 Å². The molecule has 1 aromatic heterocycles. The van der Waals surface area contributed by atoms with E-state index >= 15 is 0 Å². The number of benzene rings is 2. The normalized spacial score (nSPS) is 15.6. The van der Waals surface area contributed by atoms with Crippen LogP contribution in [0.15, 0.2) is 66.0 Å². The molecule has 1 fully saturated rings. The van der Waals surface area contributed by atoms with Crippen LogP contribution in [0.25, 0.3) is 0 Å². The van der Waals surface area contributed by atoms with E-state index in [0.717, 1.165) is 16.2 Å². The summed E-state index contributed by atoms with van der Waals surface area (Å²) >= 11 is 1.46. The highest BCUT2D eigenvalue weighted by atomic mass is 32.1. The lowest BCUT2D eigenvalue weighted by Gasteiger charge is -2.21. The Hall–Kier alpha value is -3.72. The molecule has 2 aromatic carbocycles. The number of nitrogens with one attached hydrogen (secondary N) is 1. The molecular weight excluding hydrogens is 457 g/mol. The first-order chi connectivity index (χ1) is 16.5. The van der Waals surface area contributed by atoms with Gasteiger partial charge in [-0.25, -0.2) is 14.1 Å². The second-order valence-electron chi connectivity index (χ2n) is 7.78. The zero-order valence-electron chi connectivity index (χ0n) is 18.6. The molecule has 3 aromatic rings. The van der Waals surface area contributed by atoms with Gasteiger partial charge in [0.25, 0.3) is 5.91 Å². The average molecular weight is 482 g/mol. The van der Waals surface area contributed by atoms with Crippen molar-refractivity contribution in [2.75, 3.05) is 16.8 Å². The lowest BCUT2D eigenvalue weighted by Crippen LogP contribution is -2.37. The van der Waals surface area contributed by atoms with Gasteiger partial charge in [0.05, 0.1) is 25.3 Å². The van der Waals surface area contributed by atoms with Crippen LogP contribution >= 0.6 is 11.3 Å². The molecule has 1 atom stereocenters. The third-order valence-corrected chi connectivity index (χ3v) is 6.16. The second-order valence-corrected chi connectivity index (χ2v) is 8.81. The quantitative estimate of drug-likeness (QED) is 0.434. The third-order valence-electron chi connectivity index (χ3n) is 5.30. The Labute approximate surface area is 200 Å². The SMILES string of the molecule is CCCOc1ccc(NC(=O)C[C@H]2C(=O)N(c3ccc(F)cc3)C(=O)N2Cc2cccs2)cc1. The van der Waals surface area contributed by atoms with E-state index in [9.17, 15) is 18.8 Å². The molecule has 4 rings (SSSR count). The molecule has 9 heteroatoms. The molecule has 0 radical (unpaired) electrons. The largest absolute Gasteiger partial charge is 0.494 e. The van der Waals surface area contributed by atoms with Crippen molar-refractivity contribution in [2.45, 2.75) is 32.4 Å². The minimum atomic E-state index is -0.980. The van der Waals surface area contributed by atoms with Crippen molar-refractivity contribution >= 4 is 40.6 Å². The standard InChI is InChI=1S/C25H24FN3O4S/c1-2-13-33-20-11-7-18(8-12-20)27-23(30)15-22-24(31)29(19-9-5-17(26)6-10-19)25(32)28(22)16-21-4-3-14-34-21/h3-12,14,22H,2,13,15-16H2,1H3,(H,27,30)/t22-/m0/s1. The first-order valence-electron chi connectivity index (χ1n) is 10.9. The predicted molar refractivity (Wildman–Crippen MR) is 128 cm³/mol. The van der Waals surface area contributed by atoms with Crippen molar-refractivity contribution in [3.05, 3.63) is 76.7 Å². The number of thiophene rings is 1. The molecule has 1 N–H and O–H groups in total. The van der Waals surface area contributed by atoms with Crippen LogP contribution in [0.3, 0.4) is 0 Å². The van der Waals surface area contributed by atoms with E-state index in [1.54, 1.807) is 24.3 Å². The minimum absolute atomic E-state index is 0.196. The molecule has 0 aliphatic carbocycles. The van der Waals surface area contributed by atoms with E-state index in [-0.39, 0.29) is 18.7 Å². The number of halogens is 1. The number of nitrogens with zero attached hydrogens (tertiary/aromatic N) is 2. The summed E-state index contributed by atoms with van der Waals surface area (Å²) < 4.78 is 18.9. The highest BCUT2D eigenvalue weighted by Gasteiger charge is 2.46. The predicted octanol–water partition coefficient (Wildman–Crippen LogP) is 5.04. The molecule has 176 valence electrons. The number of ether oxygens (including phenoxy) is 1. The van der Waals surface area contributed by atoms with Crippen LogP contribution in [-0.4, -0.2) is 35.4 Å². The summed E-state index contributed by atoms with van der Waals surface area (Å²) in [6.07, 6.45) is 0.686. The molecule has 1 aliphatic rings. The van der Waals surface area contributed by atoms with Crippen LogP contribution in [0.4, 0.5) is 20.6 Å². The van der Waals surface area contributed by atoms with Gasteiger partial charge >= 0.3 is 6.03 Å². The number of carbonyl (C=O) groups is 3. The Morgan fingerprint density at radius 2 is 1.82 bits per heavy atom. The van der Waals surface area contributed by atoms with E-state index in [0.29, 0.717) is 18.0 Å². The molecule has 0 unspecified atom stereocenters. The van der Waals surface area contributed by atoms with Crippen molar-refractivity contribution in [2.24, 2.45) is 0 Å². The van der Waals surface area contributed by atoms with Gasteiger partial charge in [0.1, 0.15) is 17.6 Å². The Kier molecular flexibility index (Phi) is 7.22. The molecule has 0 saturated carbocycles. The number of rotatable bonds is 9. The number of imide groups is 1. The van der Waals surface area contributed by atoms with Crippen molar-refractivity contribution in [1.82, 2.24) is 4.90 Å². The molecule has 1 aliphatic heterocycles. The summed E-state index contributed by atoms with van der Waals surface area (Å²) in [5.74, 6) is -0.689. The van der Waals surface area contributed by atoms with Crippen molar-refractivity contribution in [3.8, 4) is 5.75 Å². The smallest absolute Gasteiger partial charge is 0.332 e. The molecule has 0 spiro atoms. The highest BCUT2D eigenvalue weighted by molar-refractivity contribution is 7.09. The maximum absolute atomic E-state index is 13.4. The number of urea groups is 1. The molecule has 4 amide bonds. The van der Waals surface area contributed by atoms with Gasteiger partial charge in [0, 0.05) is 10.6 Å². The Morgan fingerprint density at radius 1 is 1.09 bits per heavy atom. The van der Waals surface area contributed by atoms with Gasteiger partial charge in [0.15, 0.2) is 0 Å². The lowest BCUT2D eigenvalue weighted by atomic mass is 10.1. The fourth-order valence-electron chi connectivity index (χ4n) is 3.65. The zero-order chi connectivity index (χ0) is 24.1. The van der Waals surface area contributed by atoms with E-state index in [2.05, 4.69) is 5.32 Å². The first kappa shape index (κ1) is 23.4. The van der Waals surface area contributed by atoms with Crippen LogP contribution in [0.5, 0.6) is 5.75 Å². The van der Waals surface area contributed by atoms with E-state index < -0.39 is 29.7 Å². The first-order valence-corrected chi connectivity index (χ1v) is 11.8. The molecular formula is C25H24FN3O4S. The fraction of sp³-hybridized carbons (Fsp3) is 0.240. The molecule has 2 heterocycles. The number of hydrogen-bond acceptors (Lipinski definition) is 5. The fourth-order valence-corrected chi connectivity index (χ4v) is 4.36. The van der Waals surface area contributed by atoms with Crippen LogP contribution < -0.4 is 15.0 Å². The number of carbonyl (C=O) groups excluding carboxylic acids is 3. The molecule has 34 heavy (non-hydrogen) atoms. The van der Waals surface area contributed by atoms with Gasteiger partial charge in [-0.05, 0) is 66.4 Å². The number of hydrogen-bond donors (Lipinski definition) is 1. The van der Waals surface area contributed by atoms with Crippen molar-refractivity contribution < 1.29 is 23.5 Å². The molecule has 1 saturated heterocycles. The van der Waals surface area contributed by atoms with Gasteiger partial charge < -0.3 is 15.0 Å². The summed E-state index contributed by atoms with van der Waals surface area (Å²) in [5.41, 5.74) is 0.823. The minimum Gasteiger partial charge on any atom is -0.494 e. The van der Waals surface area contributed by atoms with E-state index in [4.69, 9.17) is 4.74 Å².